The van der Waals surface area contributed by atoms with Crippen molar-refractivity contribution < 1.29 is 9.90 Å². The van der Waals surface area contributed by atoms with Crippen LogP contribution in [0.2, 0.25) is 10.0 Å². The maximum atomic E-state index is 12.6. The summed E-state index contributed by atoms with van der Waals surface area (Å²) in [5.74, 6) is -0.193. The van der Waals surface area contributed by atoms with Crippen LogP contribution in [0.3, 0.4) is 0 Å². The minimum atomic E-state index is -0.193. The van der Waals surface area contributed by atoms with E-state index in [0.717, 1.165) is 33.5 Å². The van der Waals surface area contributed by atoms with E-state index < -0.39 is 0 Å². The Kier molecular flexibility index (Phi) is 5.85. The summed E-state index contributed by atoms with van der Waals surface area (Å²) < 4.78 is 0. The fraction of sp³-hybridized carbons (Fsp3) is 0.136. The van der Waals surface area contributed by atoms with Gasteiger partial charge in [0.2, 0.25) is 0 Å². The summed E-state index contributed by atoms with van der Waals surface area (Å²) in [6, 6.07) is 16.2. The third-order valence-electron chi connectivity index (χ3n) is 4.40. The molecule has 0 unspecified atom stereocenters. The van der Waals surface area contributed by atoms with Gasteiger partial charge in [-0.3, -0.25) is 4.79 Å². The van der Waals surface area contributed by atoms with Crippen LogP contribution in [0.5, 0.6) is 0 Å². The first-order chi connectivity index (χ1) is 12.9. The van der Waals surface area contributed by atoms with Crippen molar-refractivity contribution in [3.63, 3.8) is 0 Å². The fourth-order valence-electron chi connectivity index (χ4n) is 3.05. The number of carbonyl (C=O) groups excluding carboxylic acids is 1. The number of benzene rings is 3. The average Bonchev–Trinajstić information content (AvgIpc) is 2.66. The number of carbonyl (C=O) groups is 1. The van der Waals surface area contributed by atoms with Crippen LogP contribution in [0, 0.1) is 13.8 Å². The van der Waals surface area contributed by atoms with Gasteiger partial charge in [-0.2, -0.15) is 0 Å². The highest BCUT2D eigenvalue weighted by molar-refractivity contribution is 6.35. The second kappa shape index (κ2) is 8.13. The summed E-state index contributed by atoms with van der Waals surface area (Å²) in [5, 5.41) is 13.5. The predicted molar refractivity (Wildman–Crippen MR) is 112 cm³/mol. The van der Waals surface area contributed by atoms with Crippen LogP contribution in [-0.4, -0.2) is 11.0 Å². The molecule has 138 valence electrons. The van der Waals surface area contributed by atoms with Crippen LogP contribution in [-0.2, 0) is 6.61 Å². The van der Waals surface area contributed by atoms with Gasteiger partial charge in [0.05, 0.1) is 6.61 Å². The van der Waals surface area contributed by atoms with Crippen molar-refractivity contribution in [3.05, 3.63) is 86.9 Å². The second-order valence-electron chi connectivity index (χ2n) is 6.42. The normalized spacial score (nSPS) is 10.7. The third kappa shape index (κ3) is 4.33. The number of amides is 1. The van der Waals surface area contributed by atoms with E-state index in [4.69, 9.17) is 23.2 Å². The molecule has 3 aromatic carbocycles. The fourth-order valence-corrected chi connectivity index (χ4v) is 3.45. The quantitative estimate of drug-likeness (QED) is 0.563. The molecule has 3 aromatic rings. The average molecular weight is 400 g/mol. The Bertz CT molecular complexity index is 975. The Balaban J connectivity index is 1.84. The summed E-state index contributed by atoms with van der Waals surface area (Å²) in [6.07, 6.45) is 0. The molecule has 0 saturated heterocycles. The molecule has 5 heteroatoms. The Morgan fingerprint density at radius 3 is 2.19 bits per heavy atom. The third-order valence-corrected chi connectivity index (χ3v) is 4.96. The summed E-state index contributed by atoms with van der Waals surface area (Å²) >= 11 is 12.3. The van der Waals surface area contributed by atoms with E-state index in [-0.39, 0.29) is 12.5 Å². The van der Waals surface area contributed by atoms with Crippen LogP contribution in [0.25, 0.3) is 11.1 Å². The van der Waals surface area contributed by atoms with Crippen molar-refractivity contribution in [1.82, 2.24) is 0 Å². The highest BCUT2D eigenvalue weighted by Gasteiger charge is 2.12. The van der Waals surface area contributed by atoms with Gasteiger partial charge in [-0.05, 0) is 66.4 Å². The highest BCUT2D eigenvalue weighted by atomic mass is 35.5. The van der Waals surface area contributed by atoms with E-state index in [1.807, 2.05) is 38.1 Å². The number of halogens is 2. The SMILES string of the molecule is Cc1cc(CO)cc(C)c1NC(=O)c1ccc(-c2cc(Cl)ccc2Cl)cc1. The van der Waals surface area contributed by atoms with E-state index in [1.165, 1.54) is 0 Å². The molecule has 0 fully saturated rings. The molecule has 27 heavy (non-hydrogen) atoms. The molecule has 0 bridgehead atoms. The predicted octanol–water partition coefficient (Wildman–Crippen LogP) is 6.02. The van der Waals surface area contributed by atoms with Gasteiger partial charge in [-0.15, -0.1) is 0 Å². The van der Waals surface area contributed by atoms with E-state index in [0.29, 0.717) is 15.6 Å². The minimum absolute atomic E-state index is 0.0244. The van der Waals surface area contributed by atoms with Crippen molar-refractivity contribution in [3.8, 4) is 11.1 Å². The summed E-state index contributed by atoms with van der Waals surface area (Å²) in [7, 11) is 0. The molecule has 1 amide bonds. The van der Waals surface area contributed by atoms with E-state index in [9.17, 15) is 9.90 Å². The largest absolute Gasteiger partial charge is 0.392 e. The van der Waals surface area contributed by atoms with Crippen molar-refractivity contribution >= 4 is 34.8 Å². The molecule has 0 atom stereocenters. The summed E-state index contributed by atoms with van der Waals surface area (Å²) in [6.45, 7) is 3.79. The Labute approximate surface area is 168 Å². The van der Waals surface area contributed by atoms with E-state index in [1.54, 1.807) is 30.3 Å². The Morgan fingerprint density at radius 1 is 0.963 bits per heavy atom. The van der Waals surface area contributed by atoms with Crippen molar-refractivity contribution in [1.29, 1.82) is 0 Å². The molecule has 0 aromatic heterocycles. The zero-order valence-electron chi connectivity index (χ0n) is 15.0. The number of nitrogens with one attached hydrogen (secondary N) is 1. The number of hydrogen-bond donors (Lipinski definition) is 2. The molecule has 0 saturated carbocycles. The maximum Gasteiger partial charge on any atom is 0.255 e. The molecule has 3 nitrogen and oxygen atoms in total. The molecule has 2 N–H and O–H groups in total. The first-order valence-electron chi connectivity index (χ1n) is 8.47. The van der Waals surface area contributed by atoms with Crippen LogP contribution < -0.4 is 5.32 Å². The van der Waals surface area contributed by atoms with Crippen molar-refractivity contribution in [2.24, 2.45) is 0 Å². The minimum Gasteiger partial charge on any atom is -0.392 e. The molecule has 0 aliphatic carbocycles. The summed E-state index contributed by atoms with van der Waals surface area (Å²) in [5.41, 5.74) is 5.66. The highest BCUT2D eigenvalue weighted by Crippen LogP contribution is 2.31. The number of rotatable bonds is 4. The van der Waals surface area contributed by atoms with Gasteiger partial charge in [0.15, 0.2) is 0 Å². The molecule has 0 aliphatic heterocycles. The number of aryl methyl sites for hydroxylation is 2. The van der Waals surface area contributed by atoms with Gasteiger partial charge in [-0.25, -0.2) is 0 Å². The zero-order valence-corrected chi connectivity index (χ0v) is 16.5. The molecule has 0 radical (unpaired) electrons. The molecule has 0 spiro atoms. The first-order valence-corrected chi connectivity index (χ1v) is 9.22. The van der Waals surface area contributed by atoms with Crippen LogP contribution in [0.15, 0.2) is 54.6 Å². The van der Waals surface area contributed by atoms with Crippen LogP contribution in [0.1, 0.15) is 27.0 Å². The molecule has 0 aliphatic rings. The van der Waals surface area contributed by atoms with Gasteiger partial charge in [0.25, 0.3) is 5.91 Å². The van der Waals surface area contributed by atoms with Gasteiger partial charge in [0.1, 0.15) is 0 Å². The lowest BCUT2D eigenvalue weighted by atomic mass is 10.0. The maximum absolute atomic E-state index is 12.6. The molecular formula is C22H19Cl2NO2. The van der Waals surface area contributed by atoms with Gasteiger partial charge in [-0.1, -0.05) is 47.5 Å². The number of hydrogen-bond acceptors (Lipinski definition) is 2. The smallest absolute Gasteiger partial charge is 0.255 e. The first kappa shape index (κ1) is 19.4. The van der Waals surface area contributed by atoms with Gasteiger partial charge < -0.3 is 10.4 Å². The molecular weight excluding hydrogens is 381 g/mol. The van der Waals surface area contributed by atoms with Crippen molar-refractivity contribution in [2.45, 2.75) is 20.5 Å². The lowest BCUT2D eigenvalue weighted by Gasteiger charge is -2.14. The monoisotopic (exact) mass is 399 g/mol. The zero-order chi connectivity index (χ0) is 19.6. The van der Waals surface area contributed by atoms with Crippen molar-refractivity contribution in [2.75, 3.05) is 5.32 Å². The molecule has 0 heterocycles. The lowest BCUT2D eigenvalue weighted by molar-refractivity contribution is 0.102. The van der Waals surface area contributed by atoms with Crippen LogP contribution in [0.4, 0.5) is 5.69 Å². The van der Waals surface area contributed by atoms with Gasteiger partial charge >= 0.3 is 0 Å². The number of aliphatic hydroxyl groups is 1. The van der Waals surface area contributed by atoms with Gasteiger partial charge in [0, 0.05) is 26.9 Å². The molecule has 3 rings (SSSR count). The number of aliphatic hydroxyl groups excluding tert-OH is 1. The standard InChI is InChI=1S/C22H19Cl2NO2/c1-13-9-15(12-26)10-14(2)21(13)25-22(27)17-5-3-16(4-6-17)19-11-18(23)7-8-20(19)24/h3-11,26H,12H2,1-2H3,(H,25,27). The van der Waals surface area contributed by atoms with E-state index in [2.05, 4.69) is 5.32 Å². The topological polar surface area (TPSA) is 49.3 Å². The van der Waals surface area contributed by atoms with Crippen LogP contribution >= 0.6 is 23.2 Å². The van der Waals surface area contributed by atoms with E-state index >= 15 is 0 Å². The lowest BCUT2D eigenvalue weighted by Crippen LogP contribution is -2.14. The Morgan fingerprint density at radius 2 is 1.59 bits per heavy atom. The second-order valence-corrected chi connectivity index (χ2v) is 7.26. The summed E-state index contributed by atoms with van der Waals surface area (Å²) in [4.78, 5) is 12.6. The number of anilines is 1. The Hall–Kier alpha value is -2.33.